The summed E-state index contributed by atoms with van der Waals surface area (Å²) in [5.41, 5.74) is 15.2. The molecule has 0 spiro atoms. The van der Waals surface area contributed by atoms with Crippen molar-refractivity contribution in [3.63, 3.8) is 0 Å². The normalized spacial score (nSPS) is 9.36. The van der Waals surface area contributed by atoms with Crippen molar-refractivity contribution in [1.29, 1.82) is 0 Å². The molecule has 0 heterocycles. The Morgan fingerprint density at radius 3 is 2.64 bits per heavy atom. The molecule has 0 atom stereocenters. The van der Waals surface area contributed by atoms with Gasteiger partial charge in [-0.3, -0.25) is 0 Å². The predicted molar refractivity (Wildman–Crippen MR) is 60.9 cm³/mol. The molecule has 0 saturated carbocycles. The molecule has 0 radical (unpaired) electrons. The van der Waals surface area contributed by atoms with Crippen LogP contribution in [0.5, 0.6) is 0 Å². The number of nitrogen functional groups attached to an aromatic ring is 1. The van der Waals surface area contributed by atoms with E-state index >= 15 is 0 Å². The molecule has 74 valence electrons. The number of hydrogen-bond donors (Lipinski definition) is 2. The fourth-order valence-electron chi connectivity index (χ4n) is 1.31. The van der Waals surface area contributed by atoms with Crippen LogP contribution in [0.1, 0.15) is 23.1 Å². The SMILES string of the molecule is Cc1cc(C)c(N)c(C#CCCN)c1. The smallest absolute Gasteiger partial charge is 0.0503 e. The summed E-state index contributed by atoms with van der Waals surface area (Å²) in [6.45, 7) is 4.63. The summed E-state index contributed by atoms with van der Waals surface area (Å²) in [6.07, 6.45) is 0.715. The molecule has 1 rings (SSSR count). The van der Waals surface area contributed by atoms with Crippen LogP contribution in [0.2, 0.25) is 0 Å². The molecular weight excluding hydrogens is 172 g/mol. The highest BCUT2D eigenvalue weighted by atomic mass is 14.6. The highest BCUT2D eigenvalue weighted by Crippen LogP contribution is 2.17. The minimum atomic E-state index is 0.595. The van der Waals surface area contributed by atoms with Crippen molar-refractivity contribution in [2.45, 2.75) is 20.3 Å². The molecule has 0 fully saturated rings. The van der Waals surface area contributed by atoms with Crippen LogP contribution in [0.25, 0.3) is 0 Å². The standard InChI is InChI=1S/C12H16N2/c1-9-7-10(2)12(14)11(8-9)5-3-4-6-13/h7-8H,4,6,13-14H2,1-2H3. The first-order valence-corrected chi connectivity index (χ1v) is 4.71. The number of aryl methyl sites for hydroxylation is 2. The Bertz CT molecular complexity index is 383. The van der Waals surface area contributed by atoms with E-state index in [1.54, 1.807) is 0 Å². The quantitative estimate of drug-likeness (QED) is 0.519. The monoisotopic (exact) mass is 188 g/mol. The summed E-state index contributed by atoms with van der Waals surface area (Å²) in [5.74, 6) is 6.03. The van der Waals surface area contributed by atoms with Gasteiger partial charge in [-0.05, 0) is 31.0 Å². The number of rotatable bonds is 1. The lowest BCUT2D eigenvalue weighted by Crippen LogP contribution is -1.97. The van der Waals surface area contributed by atoms with Crippen LogP contribution >= 0.6 is 0 Å². The van der Waals surface area contributed by atoms with Gasteiger partial charge in [-0.1, -0.05) is 17.9 Å². The maximum atomic E-state index is 5.90. The second-order valence-corrected chi connectivity index (χ2v) is 3.38. The molecule has 0 aliphatic rings. The number of hydrogen-bond acceptors (Lipinski definition) is 2. The highest BCUT2D eigenvalue weighted by molar-refractivity contribution is 5.61. The molecule has 0 saturated heterocycles. The first kappa shape index (κ1) is 10.6. The summed E-state index contributed by atoms with van der Waals surface area (Å²) in [4.78, 5) is 0. The molecular formula is C12H16N2. The predicted octanol–water partition coefficient (Wildman–Crippen LogP) is 1.59. The Kier molecular flexibility index (Phi) is 3.55. The third-order valence-corrected chi connectivity index (χ3v) is 2.02. The van der Waals surface area contributed by atoms with E-state index in [-0.39, 0.29) is 0 Å². The highest BCUT2D eigenvalue weighted by Gasteiger charge is 1.99. The van der Waals surface area contributed by atoms with Gasteiger partial charge in [-0.15, -0.1) is 0 Å². The number of anilines is 1. The van der Waals surface area contributed by atoms with Gasteiger partial charge in [0.2, 0.25) is 0 Å². The van der Waals surface area contributed by atoms with Crippen molar-refractivity contribution in [1.82, 2.24) is 0 Å². The lowest BCUT2D eigenvalue weighted by molar-refractivity contribution is 1.03. The largest absolute Gasteiger partial charge is 0.398 e. The first-order valence-electron chi connectivity index (χ1n) is 4.71. The van der Waals surface area contributed by atoms with Crippen LogP contribution < -0.4 is 11.5 Å². The van der Waals surface area contributed by atoms with Gasteiger partial charge >= 0.3 is 0 Å². The van der Waals surface area contributed by atoms with Crippen LogP contribution in [0, 0.1) is 25.7 Å². The molecule has 4 N–H and O–H groups in total. The van der Waals surface area contributed by atoms with Crippen molar-refractivity contribution < 1.29 is 0 Å². The molecule has 0 amide bonds. The minimum absolute atomic E-state index is 0.595. The Hall–Kier alpha value is -1.46. The van der Waals surface area contributed by atoms with Crippen LogP contribution in [-0.2, 0) is 0 Å². The average Bonchev–Trinajstić information content (AvgIpc) is 2.13. The Balaban J connectivity index is 3.04. The summed E-state index contributed by atoms with van der Waals surface area (Å²) in [5, 5.41) is 0. The third-order valence-electron chi connectivity index (χ3n) is 2.02. The van der Waals surface area contributed by atoms with Crippen molar-refractivity contribution in [2.75, 3.05) is 12.3 Å². The van der Waals surface area contributed by atoms with E-state index in [4.69, 9.17) is 11.5 Å². The summed E-state index contributed by atoms with van der Waals surface area (Å²) < 4.78 is 0. The Labute approximate surface area is 85.3 Å². The van der Waals surface area contributed by atoms with Gasteiger partial charge in [0.1, 0.15) is 0 Å². The van der Waals surface area contributed by atoms with Crippen LogP contribution in [0.15, 0.2) is 12.1 Å². The number of nitrogens with two attached hydrogens (primary N) is 2. The van der Waals surface area contributed by atoms with Gasteiger partial charge in [-0.2, -0.15) is 0 Å². The molecule has 14 heavy (non-hydrogen) atoms. The second kappa shape index (κ2) is 4.69. The van der Waals surface area contributed by atoms with Crippen molar-refractivity contribution in [3.8, 4) is 11.8 Å². The van der Waals surface area contributed by atoms with Crippen molar-refractivity contribution in [2.24, 2.45) is 5.73 Å². The Morgan fingerprint density at radius 1 is 1.29 bits per heavy atom. The van der Waals surface area contributed by atoms with E-state index in [0.717, 1.165) is 16.8 Å². The Morgan fingerprint density at radius 2 is 2.00 bits per heavy atom. The zero-order chi connectivity index (χ0) is 10.6. The van der Waals surface area contributed by atoms with E-state index in [1.807, 2.05) is 19.9 Å². The van der Waals surface area contributed by atoms with Gasteiger partial charge in [0.05, 0.1) is 5.69 Å². The lowest BCUT2D eigenvalue weighted by Gasteiger charge is -2.04. The molecule has 0 aliphatic heterocycles. The van der Waals surface area contributed by atoms with E-state index in [1.165, 1.54) is 5.56 Å². The van der Waals surface area contributed by atoms with Crippen LogP contribution in [-0.4, -0.2) is 6.54 Å². The molecule has 1 aromatic rings. The fourth-order valence-corrected chi connectivity index (χ4v) is 1.31. The maximum Gasteiger partial charge on any atom is 0.0503 e. The molecule has 0 aromatic heterocycles. The molecule has 0 bridgehead atoms. The minimum Gasteiger partial charge on any atom is -0.398 e. The molecule has 2 heteroatoms. The van der Waals surface area contributed by atoms with Crippen molar-refractivity contribution in [3.05, 3.63) is 28.8 Å². The summed E-state index contributed by atoms with van der Waals surface area (Å²) >= 11 is 0. The molecule has 0 unspecified atom stereocenters. The van der Waals surface area contributed by atoms with Gasteiger partial charge in [0.25, 0.3) is 0 Å². The first-order chi connectivity index (χ1) is 6.65. The molecule has 2 nitrogen and oxygen atoms in total. The molecule has 0 aliphatic carbocycles. The zero-order valence-electron chi connectivity index (χ0n) is 8.72. The van der Waals surface area contributed by atoms with Crippen LogP contribution in [0.3, 0.4) is 0 Å². The lowest BCUT2D eigenvalue weighted by atomic mass is 10.0. The summed E-state index contributed by atoms with van der Waals surface area (Å²) in [7, 11) is 0. The topological polar surface area (TPSA) is 52.0 Å². The van der Waals surface area contributed by atoms with E-state index in [9.17, 15) is 0 Å². The van der Waals surface area contributed by atoms with E-state index in [0.29, 0.717) is 13.0 Å². The fraction of sp³-hybridized carbons (Fsp3) is 0.333. The number of benzene rings is 1. The van der Waals surface area contributed by atoms with Crippen LogP contribution in [0.4, 0.5) is 5.69 Å². The van der Waals surface area contributed by atoms with E-state index in [2.05, 4.69) is 17.9 Å². The zero-order valence-corrected chi connectivity index (χ0v) is 8.72. The third kappa shape index (κ3) is 2.51. The van der Waals surface area contributed by atoms with Gasteiger partial charge in [0.15, 0.2) is 0 Å². The summed E-state index contributed by atoms with van der Waals surface area (Å²) in [6, 6.07) is 4.06. The van der Waals surface area contributed by atoms with E-state index < -0.39 is 0 Å². The molecule has 1 aromatic carbocycles. The second-order valence-electron chi connectivity index (χ2n) is 3.38. The van der Waals surface area contributed by atoms with Gasteiger partial charge < -0.3 is 11.5 Å². The average molecular weight is 188 g/mol. The van der Waals surface area contributed by atoms with Crippen molar-refractivity contribution >= 4 is 5.69 Å². The maximum absolute atomic E-state index is 5.90. The van der Waals surface area contributed by atoms with Gasteiger partial charge in [0, 0.05) is 18.5 Å². The van der Waals surface area contributed by atoms with Gasteiger partial charge in [-0.25, -0.2) is 0 Å².